The van der Waals surface area contributed by atoms with Crippen LogP contribution >= 0.6 is 11.7 Å². The van der Waals surface area contributed by atoms with E-state index >= 15 is 0 Å². The Kier molecular flexibility index (Phi) is 9.01. The third-order valence-electron chi connectivity index (χ3n) is 4.88. The van der Waals surface area contributed by atoms with Gasteiger partial charge in [-0.05, 0) is 56.5 Å². The van der Waals surface area contributed by atoms with E-state index < -0.39 is 0 Å². The Hall–Kier alpha value is -2.37. The highest BCUT2D eigenvalue weighted by Gasteiger charge is 2.11. The highest BCUT2D eigenvalue weighted by atomic mass is 32.1. The van der Waals surface area contributed by atoms with Crippen LogP contribution in [0.5, 0.6) is 5.75 Å². The van der Waals surface area contributed by atoms with Gasteiger partial charge in [-0.3, -0.25) is 4.90 Å². The molecule has 0 bridgehead atoms. The molecule has 156 valence electrons. The number of hydrogen-bond donors (Lipinski definition) is 2. The summed E-state index contributed by atoms with van der Waals surface area (Å²) in [5.74, 6) is 2.48. The van der Waals surface area contributed by atoms with Crippen LogP contribution < -0.4 is 15.4 Å². The number of anilines is 2. The first-order valence-corrected chi connectivity index (χ1v) is 11.2. The number of likely N-dealkylation sites (tertiary alicyclic amines) is 1. The molecule has 1 fully saturated rings. The summed E-state index contributed by atoms with van der Waals surface area (Å²) in [6, 6.07) is 10.6. The highest BCUT2D eigenvalue weighted by molar-refractivity contribution is 6.99. The van der Waals surface area contributed by atoms with Crippen LogP contribution in [-0.4, -0.2) is 46.4 Å². The van der Waals surface area contributed by atoms with E-state index in [4.69, 9.17) is 10.00 Å². The number of aromatic nitrogens is 2. The van der Waals surface area contributed by atoms with E-state index in [0.717, 1.165) is 49.9 Å². The van der Waals surface area contributed by atoms with Crippen molar-refractivity contribution in [3.8, 4) is 11.8 Å². The maximum atomic E-state index is 8.59. The zero-order chi connectivity index (χ0) is 20.2. The molecular formula is C21H30N6OS. The largest absolute Gasteiger partial charge is 0.494 e. The van der Waals surface area contributed by atoms with Crippen LogP contribution in [0.3, 0.4) is 0 Å². The van der Waals surface area contributed by atoms with Crippen LogP contribution in [0.1, 0.15) is 44.1 Å². The molecular weight excluding hydrogens is 384 g/mol. The fourth-order valence-electron chi connectivity index (χ4n) is 3.37. The predicted octanol–water partition coefficient (Wildman–Crippen LogP) is 4.12. The van der Waals surface area contributed by atoms with Gasteiger partial charge >= 0.3 is 0 Å². The van der Waals surface area contributed by atoms with Gasteiger partial charge in [-0.15, -0.1) is 0 Å². The van der Waals surface area contributed by atoms with Crippen molar-refractivity contribution in [1.29, 1.82) is 5.26 Å². The van der Waals surface area contributed by atoms with Gasteiger partial charge in [-0.2, -0.15) is 14.0 Å². The fraction of sp³-hybridized carbons (Fsp3) is 0.571. The Morgan fingerprint density at radius 3 is 2.59 bits per heavy atom. The maximum Gasteiger partial charge on any atom is 0.184 e. The number of rotatable bonds is 12. The molecule has 2 heterocycles. The maximum absolute atomic E-state index is 8.59. The number of unbranched alkanes of at least 4 members (excludes halogenated alkanes) is 1. The average Bonchev–Trinajstić information content (AvgIpc) is 3.19. The number of nitrogens with one attached hydrogen (secondary N) is 2. The van der Waals surface area contributed by atoms with Gasteiger partial charge in [0.2, 0.25) is 0 Å². The van der Waals surface area contributed by atoms with Crippen LogP contribution in [0.25, 0.3) is 0 Å². The van der Waals surface area contributed by atoms with E-state index in [9.17, 15) is 0 Å². The lowest BCUT2D eigenvalue weighted by Crippen LogP contribution is -2.29. The molecule has 0 spiro atoms. The minimum Gasteiger partial charge on any atom is -0.494 e. The van der Waals surface area contributed by atoms with Gasteiger partial charge in [-0.1, -0.05) is 18.6 Å². The standard InChI is InChI=1S/C21H30N6OS/c22-10-2-3-11-23-20-21(26-29-25-20)24-12-7-15-28-19-9-6-8-18(16-19)17-27-13-4-1-5-14-27/h6,8-9,16H,1-5,7,11-15,17H2,(H,23,25)(H,24,26). The molecule has 0 saturated carbocycles. The number of nitrogens with zero attached hydrogens (tertiary/aromatic N) is 4. The van der Waals surface area contributed by atoms with E-state index in [1.807, 2.05) is 6.07 Å². The Bertz CT molecular complexity index is 769. The van der Waals surface area contributed by atoms with Crippen LogP contribution in [0.2, 0.25) is 0 Å². The van der Waals surface area contributed by atoms with Crippen LogP contribution in [-0.2, 0) is 6.54 Å². The third kappa shape index (κ3) is 7.52. The minimum atomic E-state index is 0.546. The molecule has 1 aromatic heterocycles. The van der Waals surface area contributed by atoms with Crippen molar-refractivity contribution in [2.24, 2.45) is 0 Å². The summed E-state index contributed by atoms with van der Waals surface area (Å²) in [5.41, 5.74) is 1.32. The van der Waals surface area contributed by atoms with Crippen LogP contribution in [0.15, 0.2) is 24.3 Å². The molecule has 0 unspecified atom stereocenters. The second-order valence-electron chi connectivity index (χ2n) is 7.26. The number of ether oxygens (including phenoxy) is 1. The van der Waals surface area contributed by atoms with Gasteiger partial charge in [0.05, 0.1) is 24.4 Å². The predicted molar refractivity (Wildman–Crippen MR) is 117 cm³/mol. The Balaban J connectivity index is 1.34. The molecule has 1 aromatic carbocycles. The van der Waals surface area contributed by atoms with E-state index in [0.29, 0.717) is 13.0 Å². The second-order valence-corrected chi connectivity index (χ2v) is 7.79. The first kappa shape index (κ1) is 21.3. The first-order chi connectivity index (χ1) is 14.3. The average molecular weight is 415 g/mol. The molecule has 1 aliphatic heterocycles. The molecule has 0 amide bonds. The molecule has 2 aromatic rings. The Morgan fingerprint density at radius 1 is 1.07 bits per heavy atom. The highest BCUT2D eigenvalue weighted by Crippen LogP contribution is 2.19. The minimum absolute atomic E-state index is 0.546. The van der Waals surface area contributed by atoms with Crippen molar-refractivity contribution in [2.75, 3.05) is 43.4 Å². The van der Waals surface area contributed by atoms with E-state index in [1.165, 1.54) is 49.6 Å². The normalized spacial score (nSPS) is 14.3. The lowest BCUT2D eigenvalue weighted by Gasteiger charge is -2.26. The SMILES string of the molecule is N#CCCCNc1nsnc1NCCCOc1cccc(CN2CCCCC2)c1. The monoisotopic (exact) mass is 414 g/mol. The van der Waals surface area contributed by atoms with Gasteiger partial charge in [-0.25, -0.2) is 0 Å². The number of piperidine rings is 1. The molecule has 0 atom stereocenters. The molecule has 7 nitrogen and oxygen atoms in total. The van der Waals surface area contributed by atoms with Crippen LogP contribution in [0, 0.1) is 11.3 Å². The number of benzene rings is 1. The quantitative estimate of drug-likeness (QED) is 0.505. The summed E-state index contributed by atoms with van der Waals surface area (Å²) < 4.78 is 14.5. The van der Waals surface area contributed by atoms with E-state index in [2.05, 4.69) is 48.5 Å². The lowest BCUT2D eigenvalue weighted by molar-refractivity contribution is 0.220. The van der Waals surface area contributed by atoms with Crippen LogP contribution in [0.4, 0.5) is 11.6 Å². The van der Waals surface area contributed by atoms with Crippen molar-refractivity contribution in [3.63, 3.8) is 0 Å². The van der Waals surface area contributed by atoms with Gasteiger partial charge in [0, 0.05) is 26.1 Å². The summed E-state index contributed by atoms with van der Waals surface area (Å²) in [6.07, 6.45) is 6.22. The summed E-state index contributed by atoms with van der Waals surface area (Å²) in [5, 5.41) is 15.1. The zero-order valence-electron chi connectivity index (χ0n) is 16.9. The van der Waals surface area contributed by atoms with E-state index in [1.54, 1.807) is 0 Å². The third-order valence-corrected chi connectivity index (χ3v) is 5.41. The van der Waals surface area contributed by atoms with Crippen molar-refractivity contribution < 1.29 is 4.74 Å². The zero-order valence-corrected chi connectivity index (χ0v) is 17.7. The summed E-state index contributed by atoms with van der Waals surface area (Å²) in [4.78, 5) is 2.53. The summed E-state index contributed by atoms with van der Waals surface area (Å²) in [7, 11) is 0. The van der Waals surface area contributed by atoms with Gasteiger partial charge in [0.15, 0.2) is 11.6 Å². The number of hydrogen-bond acceptors (Lipinski definition) is 8. The molecule has 0 radical (unpaired) electrons. The summed E-state index contributed by atoms with van der Waals surface area (Å²) >= 11 is 1.18. The molecule has 0 aliphatic carbocycles. The molecule has 29 heavy (non-hydrogen) atoms. The molecule has 2 N–H and O–H groups in total. The fourth-order valence-corrected chi connectivity index (χ4v) is 3.88. The topological polar surface area (TPSA) is 86.1 Å². The van der Waals surface area contributed by atoms with Gasteiger partial charge in [0.25, 0.3) is 0 Å². The second kappa shape index (κ2) is 12.2. The summed E-state index contributed by atoms with van der Waals surface area (Å²) in [6.45, 7) is 5.58. The Labute approximate surface area is 177 Å². The smallest absolute Gasteiger partial charge is 0.184 e. The van der Waals surface area contributed by atoms with Gasteiger partial charge in [0.1, 0.15) is 5.75 Å². The van der Waals surface area contributed by atoms with Crippen molar-refractivity contribution >= 4 is 23.4 Å². The Morgan fingerprint density at radius 2 is 1.83 bits per heavy atom. The van der Waals surface area contributed by atoms with Crippen molar-refractivity contribution in [2.45, 2.75) is 45.1 Å². The lowest BCUT2D eigenvalue weighted by atomic mass is 10.1. The molecule has 8 heteroatoms. The van der Waals surface area contributed by atoms with Gasteiger partial charge < -0.3 is 15.4 Å². The van der Waals surface area contributed by atoms with Crippen molar-refractivity contribution in [3.05, 3.63) is 29.8 Å². The molecule has 1 aliphatic rings. The van der Waals surface area contributed by atoms with E-state index in [-0.39, 0.29) is 0 Å². The number of nitriles is 1. The molecule has 1 saturated heterocycles. The molecule has 3 rings (SSSR count). The van der Waals surface area contributed by atoms with Crippen molar-refractivity contribution in [1.82, 2.24) is 13.6 Å². The first-order valence-electron chi connectivity index (χ1n) is 10.5.